The van der Waals surface area contributed by atoms with Gasteiger partial charge in [-0.1, -0.05) is 12.1 Å². The largest absolute Gasteiger partial charge is 0.490 e. The third-order valence-corrected chi connectivity index (χ3v) is 5.62. The number of ether oxygens (including phenoxy) is 1. The molecule has 0 spiro atoms. The molecular formula is C22H36N4O. The first-order valence-electron chi connectivity index (χ1n) is 10.6. The van der Waals surface area contributed by atoms with Gasteiger partial charge in [0.05, 0.1) is 12.6 Å². The molecule has 2 aliphatic rings. The normalized spacial score (nSPS) is 21.6. The van der Waals surface area contributed by atoms with E-state index in [-0.39, 0.29) is 0 Å². The smallest absolute Gasteiger partial charge is 0.191 e. The molecule has 1 aromatic carbocycles. The van der Waals surface area contributed by atoms with Gasteiger partial charge in [0.2, 0.25) is 0 Å². The molecular weight excluding hydrogens is 336 g/mol. The van der Waals surface area contributed by atoms with E-state index in [1.165, 1.54) is 56.3 Å². The Balaban J connectivity index is 1.62. The average molecular weight is 373 g/mol. The minimum absolute atomic E-state index is 0.375. The van der Waals surface area contributed by atoms with Gasteiger partial charge < -0.3 is 20.3 Å². The number of aryl methyl sites for hydroxylation is 1. The van der Waals surface area contributed by atoms with E-state index >= 15 is 0 Å². The topological polar surface area (TPSA) is 48.9 Å². The number of benzene rings is 1. The van der Waals surface area contributed by atoms with E-state index in [2.05, 4.69) is 54.6 Å². The summed E-state index contributed by atoms with van der Waals surface area (Å²) < 4.78 is 6.32. The summed E-state index contributed by atoms with van der Waals surface area (Å²) in [6.45, 7) is 9.10. The van der Waals surface area contributed by atoms with Crippen LogP contribution in [0.15, 0.2) is 23.2 Å². The maximum atomic E-state index is 6.32. The van der Waals surface area contributed by atoms with Crippen LogP contribution in [0.25, 0.3) is 0 Å². The molecule has 0 amide bonds. The molecule has 1 aliphatic carbocycles. The number of likely N-dealkylation sites (tertiary alicyclic amines) is 1. The molecule has 0 radical (unpaired) electrons. The minimum Gasteiger partial charge on any atom is -0.490 e. The summed E-state index contributed by atoms with van der Waals surface area (Å²) in [4.78, 5) is 7.23. The van der Waals surface area contributed by atoms with Gasteiger partial charge in [-0.05, 0) is 77.1 Å². The van der Waals surface area contributed by atoms with Gasteiger partial charge in [-0.3, -0.25) is 0 Å². The molecule has 5 heteroatoms. The zero-order chi connectivity index (χ0) is 19.1. The Morgan fingerprint density at radius 2 is 2.04 bits per heavy atom. The first-order chi connectivity index (χ1) is 13.1. The highest BCUT2D eigenvalue weighted by atomic mass is 16.5. The van der Waals surface area contributed by atoms with Gasteiger partial charge in [-0.2, -0.15) is 0 Å². The summed E-state index contributed by atoms with van der Waals surface area (Å²) >= 11 is 0. The second kappa shape index (κ2) is 9.98. The molecule has 1 aliphatic heterocycles. The van der Waals surface area contributed by atoms with Crippen molar-refractivity contribution < 1.29 is 4.74 Å². The first-order valence-corrected chi connectivity index (χ1v) is 10.6. The molecule has 1 saturated carbocycles. The number of nitrogens with zero attached hydrogens (tertiary/aromatic N) is 2. The van der Waals surface area contributed by atoms with Gasteiger partial charge in [-0.15, -0.1) is 0 Å². The van der Waals surface area contributed by atoms with Crippen LogP contribution >= 0.6 is 0 Å². The predicted octanol–water partition coefficient (Wildman–Crippen LogP) is 3.32. The monoisotopic (exact) mass is 372 g/mol. The van der Waals surface area contributed by atoms with Gasteiger partial charge in [0.1, 0.15) is 5.75 Å². The lowest BCUT2D eigenvalue weighted by atomic mass is 10.1. The second-order valence-corrected chi connectivity index (χ2v) is 8.13. The molecule has 1 atom stereocenters. The third-order valence-electron chi connectivity index (χ3n) is 5.62. The van der Waals surface area contributed by atoms with Crippen LogP contribution in [-0.2, 0) is 6.54 Å². The Morgan fingerprint density at radius 3 is 2.74 bits per heavy atom. The quantitative estimate of drug-likeness (QED) is 0.569. The molecule has 0 aromatic heterocycles. The standard InChI is InChI=1S/C22H36N4O/c1-4-23-22(24-14-18-11-12-26(3)16-18)25-15-19-10-9-17(2)13-21(19)27-20-7-5-6-8-20/h9-10,13,18,20H,4-8,11-12,14-16H2,1-3H3,(H2,23,24,25). The maximum Gasteiger partial charge on any atom is 0.191 e. The van der Waals surface area contributed by atoms with E-state index < -0.39 is 0 Å². The highest BCUT2D eigenvalue weighted by Gasteiger charge is 2.20. The van der Waals surface area contributed by atoms with Crippen molar-refractivity contribution in [3.8, 4) is 5.75 Å². The molecule has 1 saturated heterocycles. The van der Waals surface area contributed by atoms with Gasteiger partial charge in [0.25, 0.3) is 0 Å². The molecule has 5 nitrogen and oxygen atoms in total. The SMILES string of the molecule is CCNC(=NCc1ccc(C)cc1OC1CCCC1)NCC1CCN(C)C1. The fraction of sp³-hybridized carbons (Fsp3) is 0.682. The van der Waals surface area contributed by atoms with Crippen LogP contribution in [0, 0.1) is 12.8 Å². The zero-order valence-electron chi connectivity index (χ0n) is 17.3. The summed E-state index contributed by atoms with van der Waals surface area (Å²) in [5.74, 6) is 2.62. The Hall–Kier alpha value is -1.75. The fourth-order valence-corrected chi connectivity index (χ4v) is 4.03. The van der Waals surface area contributed by atoms with E-state index in [4.69, 9.17) is 9.73 Å². The molecule has 1 unspecified atom stereocenters. The Kier molecular flexibility index (Phi) is 7.39. The summed E-state index contributed by atoms with van der Waals surface area (Å²) in [5, 5.41) is 6.91. The second-order valence-electron chi connectivity index (χ2n) is 8.13. The number of aliphatic imine (C=N–C) groups is 1. The van der Waals surface area contributed by atoms with Crippen LogP contribution in [0.1, 0.15) is 50.2 Å². The molecule has 1 aromatic rings. The molecule has 27 heavy (non-hydrogen) atoms. The van der Waals surface area contributed by atoms with Crippen LogP contribution in [0.3, 0.4) is 0 Å². The summed E-state index contributed by atoms with van der Waals surface area (Å²) in [7, 11) is 2.20. The predicted molar refractivity (Wildman–Crippen MR) is 112 cm³/mol. The molecule has 2 fully saturated rings. The summed E-state index contributed by atoms with van der Waals surface area (Å²) in [6.07, 6.45) is 6.57. The van der Waals surface area contributed by atoms with Crippen LogP contribution < -0.4 is 15.4 Å². The van der Waals surface area contributed by atoms with Crippen molar-refractivity contribution in [2.45, 2.75) is 58.6 Å². The molecule has 3 rings (SSSR count). The van der Waals surface area contributed by atoms with Crippen molar-refractivity contribution in [2.75, 3.05) is 33.2 Å². The van der Waals surface area contributed by atoms with Crippen LogP contribution in [0.2, 0.25) is 0 Å². The number of nitrogens with one attached hydrogen (secondary N) is 2. The average Bonchev–Trinajstić information content (AvgIpc) is 3.30. The van der Waals surface area contributed by atoms with E-state index in [0.717, 1.165) is 24.8 Å². The Morgan fingerprint density at radius 1 is 1.22 bits per heavy atom. The fourth-order valence-electron chi connectivity index (χ4n) is 4.03. The maximum absolute atomic E-state index is 6.32. The minimum atomic E-state index is 0.375. The van der Waals surface area contributed by atoms with E-state index in [1.54, 1.807) is 0 Å². The number of hydrogen-bond donors (Lipinski definition) is 2. The van der Waals surface area contributed by atoms with Crippen molar-refractivity contribution in [3.63, 3.8) is 0 Å². The van der Waals surface area contributed by atoms with Gasteiger partial charge in [0, 0.05) is 25.2 Å². The molecule has 150 valence electrons. The third kappa shape index (κ3) is 6.13. The van der Waals surface area contributed by atoms with Crippen LogP contribution in [0.5, 0.6) is 5.75 Å². The summed E-state index contributed by atoms with van der Waals surface area (Å²) in [5.41, 5.74) is 2.41. The number of rotatable bonds is 7. The van der Waals surface area contributed by atoms with Crippen molar-refractivity contribution >= 4 is 5.96 Å². The number of hydrogen-bond acceptors (Lipinski definition) is 3. The lowest BCUT2D eigenvalue weighted by Gasteiger charge is -2.18. The lowest BCUT2D eigenvalue weighted by molar-refractivity contribution is 0.208. The number of guanidine groups is 1. The van der Waals surface area contributed by atoms with Crippen molar-refractivity contribution in [2.24, 2.45) is 10.9 Å². The van der Waals surface area contributed by atoms with Crippen LogP contribution in [-0.4, -0.2) is 50.2 Å². The zero-order valence-corrected chi connectivity index (χ0v) is 17.3. The van der Waals surface area contributed by atoms with E-state index in [1.807, 2.05) is 0 Å². The van der Waals surface area contributed by atoms with Gasteiger partial charge >= 0.3 is 0 Å². The molecule has 0 bridgehead atoms. The summed E-state index contributed by atoms with van der Waals surface area (Å²) in [6, 6.07) is 6.48. The molecule has 1 heterocycles. The lowest BCUT2D eigenvalue weighted by Crippen LogP contribution is -2.40. The van der Waals surface area contributed by atoms with Gasteiger partial charge in [0.15, 0.2) is 5.96 Å². The van der Waals surface area contributed by atoms with Crippen LogP contribution in [0.4, 0.5) is 0 Å². The van der Waals surface area contributed by atoms with Crippen molar-refractivity contribution in [1.29, 1.82) is 0 Å². The van der Waals surface area contributed by atoms with Crippen molar-refractivity contribution in [1.82, 2.24) is 15.5 Å². The van der Waals surface area contributed by atoms with E-state index in [9.17, 15) is 0 Å². The Bertz CT molecular complexity index is 625. The van der Waals surface area contributed by atoms with Gasteiger partial charge in [-0.25, -0.2) is 4.99 Å². The first kappa shape index (κ1) is 20.0. The molecule has 2 N–H and O–H groups in total. The highest BCUT2D eigenvalue weighted by molar-refractivity contribution is 5.79. The van der Waals surface area contributed by atoms with E-state index in [0.29, 0.717) is 18.6 Å². The van der Waals surface area contributed by atoms with Crippen molar-refractivity contribution in [3.05, 3.63) is 29.3 Å². The Labute approximate surface area is 164 Å². The highest BCUT2D eigenvalue weighted by Crippen LogP contribution is 2.28.